The van der Waals surface area contributed by atoms with Gasteiger partial charge in [0, 0.05) is 23.7 Å². The third-order valence-corrected chi connectivity index (χ3v) is 7.25. The van der Waals surface area contributed by atoms with Crippen LogP contribution in [0, 0.1) is 6.92 Å². The number of hydrogen-bond acceptors (Lipinski definition) is 5. The van der Waals surface area contributed by atoms with Crippen LogP contribution >= 0.6 is 23.4 Å². The van der Waals surface area contributed by atoms with E-state index in [2.05, 4.69) is 12.2 Å². The second-order valence-electron chi connectivity index (χ2n) is 8.32. The third kappa shape index (κ3) is 7.24. The Morgan fingerprint density at radius 1 is 1.18 bits per heavy atom. The highest BCUT2D eigenvalue weighted by Gasteiger charge is 2.35. The van der Waals surface area contributed by atoms with Gasteiger partial charge in [0.05, 0.1) is 12.8 Å². The number of halogens is 1. The van der Waals surface area contributed by atoms with E-state index in [1.807, 2.05) is 43.3 Å². The maximum atomic E-state index is 13.1. The fourth-order valence-electron chi connectivity index (χ4n) is 3.60. The quantitative estimate of drug-likeness (QED) is 0.373. The molecule has 1 N–H and O–H groups in total. The Balaban J connectivity index is 1.76. The molecule has 1 atom stereocenters. The molecule has 2 aromatic rings. The average molecular weight is 502 g/mol. The van der Waals surface area contributed by atoms with Crippen molar-refractivity contribution >= 4 is 51.7 Å². The number of aryl methyl sites for hydroxylation is 1. The topological polar surface area (TPSA) is 71.0 Å². The number of carbonyl (C=O) groups excluding carboxylic acids is 2. The first-order valence-corrected chi connectivity index (χ1v) is 12.9. The van der Waals surface area contributed by atoms with Gasteiger partial charge in [0.2, 0.25) is 11.8 Å². The Morgan fingerprint density at radius 3 is 2.59 bits per heavy atom. The molecule has 1 heterocycles. The van der Waals surface area contributed by atoms with Gasteiger partial charge in [0.1, 0.15) is 11.0 Å². The summed E-state index contributed by atoms with van der Waals surface area (Å²) in [6, 6.07) is 12.7. The number of carbonyl (C=O) groups is 2. The van der Waals surface area contributed by atoms with Crippen LogP contribution in [0.2, 0.25) is 5.02 Å². The first-order chi connectivity index (χ1) is 16.4. The summed E-state index contributed by atoms with van der Waals surface area (Å²) >= 11 is 7.53. The summed E-state index contributed by atoms with van der Waals surface area (Å²) in [5.41, 5.74) is 2.25. The molecule has 8 heteroatoms. The molecule has 0 saturated carbocycles. The maximum absolute atomic E-state index is 13.1. The Morgan fingerprint density at radius 2 is 1.91 bits per heavy atom. The van der Waals surface area contributed by atoms with Gasteiger partial charge in [-0.2, -0.15) is 0 Å². The Hall–Kier alpha value is -2.51. The van der Waals surface area contributed by atoms with E-state index in [1.54, 1.807) is 18.1 Å². The van der Waals surface area contributed by atoms with Crippen molar-refractivity contribution in [2.24, 2.45) is 4.99 Å². The highest BCUT2D eigenvalue weighted by Crippen LogP contribution is 2.31. The first kappa shape index (κ1) is 26.1. The zero-order valence-electron chi connectivity index (χ0n) is 20.0. The molecule has 1 aliphatic rings. The number of benzene rings is 2. The van der Waals surface area contributed by atoms with Gasteiger partial charge in [0.25, 0.3) is 0 Å². The molecule has 1 aliphatic heterocycles. The van der Waals surface area contributed by atoms with Crippen LogP contribution in [-0.2, 0) is 9.59 Å². The number of unbranched alkanes of at least 4 members (excludes halogenated alkanes) is 4. The Labute approximate surface area is 211 Å². The first-order valence-electron chi connectivity index (χ1n) is 11.7. The molecule has 1 saturated heterocycles. The van der Waals surface area contributed by atoms with E-state index in [9.17, 15) is 9.59 Å². The molecule has 2 amide bonds. The number of amidine groups is 1. The summed E-state index contributed by atoms with van der Waals surface area (Å²) in [6.07, 6.45) is 5.63. The van der Waals surface area contributed by atoms with Gasteiger partial charge < -0.3 is 10.1 Å². The number of amides is 2. The number of rotatable bonds is 10. The normalized spacial score (nSPS) is 17.2. The van der Waals surface area contributed by atoms with E-state index in [0.717, 1.165) is 30.6 Å². The number of hydrogen-bond donors (Lipinski definition) is 1. The number of aliphatic imine (C=N–C) groups is 1. The summed E-state index contributed by atoms with van der Waals surface area (Å²) in [7, 11) is 1.61. The third-order valence-electron chi connectivity index (χ3n) is 5.65. The van der Waals surface area contributed by atoms with Crippen LogP contribution in [0.4, 0.5) is 11.4 Å². The minimum absolute atomic E-state index is 0.0800. The molecule has 34 heavy (non-hydrogen) atoms. The van der Waals surface area contributed by atoms with Gasteiger partial charge in [-0.3, -0.25) is 14.5 Å². The van der Waals surface area contributed by atoms with Crippen molar-refractivity contribution in [2.45, 2.75) is 57.6 Å². The van der Waals surface area contributed by atoms with Crippen molar-refractivity contribution in [1.29, 1.82) is 0 Å². The van der Waals surface area contributed by atoms with Gasteiger partial charge in [-0.25, -0.2) is 4.99 Å². The monoisotopic (exact) mass is 501 g/mol. The molecule has 2 aromatic carbocycles. The standard InChI is InChI=1S/C26H32ClN3O3S/c1-4-5-6-7-8-15-30-24(31)17-23(25(32)28-20-10-9-18(2)22(27)16-20)34-26(30)29-19-11-13-21(33-3)14-12-19/h9-14,16,23H,4-8,15,17H2,1-3H3,(H,28,32). The average Bonchev–Trinajstić information content (AvgIpc) is 2.83. The highest BCUT2D eigenvalue weighted by molar-refractivity contribution is 8.15. The predicted octanol–water partition coefficient (Wildman–Crippen LogP) is 6.59. The number of nitrogens with one attached hydrogen (secondary N) is 1. The lowest BCUT2D eigenvalue weighted by atomic mass is 10.1. The van der Waals surface area contributed by atoms with Crippen molar-refractivity contribution in [3.05, 3.63) is 53.1 Å². The molecule has 6 nitrogen and oxygen atoms in total. The number of anilines is 1. The molecule has 3 rings (SSSR count). The number of methoxy groups -OCH3 is 1. The molecule has 1 unspecified atom stereocenters. The van der Waals surface area contributed by atoms with Gasteiger partial charge >= 0.3 is 0 Å². The summed E-state index contributed by atoms with van der Waals surface area (Å²) in [5, 5.41) is 3.46. The second-order valence-corrected chi connectivity index (χ2v) is 9.89. The lowest BCUT2D eigenvalue weighted by molar-refractivity contribution is -0.129. The molecule has 182 valence electrons. The Kier molecular flexibility index (Phi) is 9.84. The molecular weight excluding hydrogens is 470 g/mol. The molecule has 0 aromatic heterocycles. The van der Waals surface area contributed by atoms with E-state index in [0.29, 0.717) is 28.1 Å². The van der Waals surface area contributed by atoms with Crippen molar-refractivity contribution < 1.29 is 14.3 Å². The molecule has 0 spiro atoms. The number of thioether (sulfide) groups is 1. The summed E-state index contributed by atoms with van der Waals surface area (Å²) in [4.78, 5) is 32.6. The van der Waals surface area contributed by atoms with Gasteiger partial charge in [-0.15, -0.1) is 0 Å². The van der Waals surface area contributed by atoms with Crippen LogP contribution in [0.25, 0.3) is 0 Å². The number of nitrogens with zero attached hydrogens (tertiary/aromatic N) is 2. The summed E-state index contributed by atoms with van der Waals surface area (Å²) in [5.74, 6) is 0.421. The fourth-order valence-corrected chi connectivity index (χ4v) is 4.90. The lowest BCUT2D eigenvalue weighted by Crippen LogP contribution is -2.45. The molecule has 1 fully saturated rings. The summed E-state index contributed by atoms with van der Waals surface area (Å²) < 4.78 is 5.22. The number of ether oxygens (including phenoxy) is 1. The Bertz CT molecular complexity index is 1030. The van der Waals surface area contributed by atoms with Gasteiger partial charge in [-0.1, -0.05) is 62.0 Å². The van der Waals surface area contributed by atoms with Crippen LogP contribution in [-0.4, -0.2) is 40.8 Å². The molecular formula is C26H32ClN3O3S. The van der Waals surface area contributed by atoms with E-state index in [4.69, 9.17) is 21.3 Å². The minimum Gasteiger partial charge on any atom is -0.497 e. The molecule has 0 aliphatic carbocycles. The maximum Gasteiger partial charge on any atom is 0.238 e. The van der Waals surface area contributed by atoms with Crippen molar-refractivity contribution in [1.82, 2.24) is 4.90 Å². The zero-order chi connectivity index (χ0) is 24.5. The van der Waals surface area contributed by atoms with Gasteiger partial charge in [0.15, 0.2) is 5.17 Å². The van der Waals surface area contributed by atoms with Crippen molar-refractivity contribution in [3.8, 4) is 5.75 Å². The smallest absolute Gasteiger partial charge is 0.238 e. The highest BCUT2D eigenvalue weighted by atomic mass is 35.5. The predicted molar refractivity (Wildman–Crippen MR) is 141 cm³/mol. The van der Waals surface area contributed by atoms with Crippen LogP contribution in [0.5, 0.6) is 5.75 Å². The molecule has 0 radical (unpaired) electrons. The van der Waals surface area contributed by atoms with E-state index in [1.165, 1.54) is 24.6 Å². The van der Waals surface area contributed by atoms with E-state index < -0.39 is 5.25 Å². The fraction of sp³-hybridized carbons (Fsp3) is 0.423. The van der Waals surface area contributed by atoms with Crippen LogP contribution in [0.3, 0.4) is 0 Å². The van der Waals surface area contributed by atoms with Crippen molar-refractivity contribution in [2.75, 3.05) is 19.0 Å². The van der Waals surface area contributed by atoms with Crippen LogP contribution in [0.15, 0.2) is 47.5 Å². The zero-order valence-corrected chi connectivity index (χ0v) is 21.5. The van der Waals surface area contributed by atoms with E-state index >= 15 is 0 Å². The van der Waals surface area contributed by atoms with Crippen molar-refractivity contribution in [3.63, 3.8) is 0 Å². The van der Waals surface area contributed by atoms with E-state index in [-0.39, 0.29) is 18.2 Å². The van der Waals surface area contributed by atoms with Crippen LogP contribution < -0.4 is 10.1 Å². The molecule has 0 bridgehead atoms. The summed E-state index contributed by atoms with van der Waals surface area (Å²) in [6.45, 7) is 4.69. The largest absolute Gasteiger partial charge is 0.497 e. The van der Waals surface area contributed by atoms with Gasteiger partial charge in [-0.05, 0) is 55.3 Å². The lowest BCUT2D eigenvalue weighted by Gasteiger charge is -2.32. The minimum atomic E-state index is -0.569. The van der Waals surface area contributed by atoms with Crippen LogP contribution in [0.1, 0.15) is 51.0 Å². The SMILES string of the molecule is CCCCCCCN1C(=O)CC(C(=O)Nc2ccc(C)c(Cl)c2)SC1=Nc1ccc(OC)cc1. The second kappa shape index (κ2) is 12.8.